The highest BCUT2D eigenvalue weighted by atomic mass is 32.2. The number of hydrogen-bond donors (Lipinski definition) is 1. The Balaban J connectivity index is 1.67. The molecule has 1 aromatic heterocycles. The first-order valence-corrected chi connectivity index (χ1v) is 11.1. The zero-order valence-electron chi connectivity index (χ0n) is 17.6. The molecule has 0 fully saturated rings. The second kappa shape index (κ2) is 9.14. The largest absolute Gasteiger partial charge is 0.496 e. The Morgan fingerprint density at radius 3 is 2.48 bits per heavy atom. The molecular weight excluding hydrogens is 406 g/mol. The summed E-state index contributed by atoms with van der Waals surface area (Å²) in [5.41, 5.74) is 5.23. The lowest BCUT2D eigenvalue weighted by molar-refractivity contribution is -0.111. The van der Waals surface area contributed by atoms with Gasteiger partial charge in [-0.1, -0.05) is 30.3 Å². The summed E-state index contributed by atoms with van der Waals surface area (Å²) in [5.74, 6) is 0.472. The number of amides is 1. The molecule has 0 radical (unpaired) electrons. The summed E-state index contributed by atoms with van der Waals surface area (Å²) in [6.07, 6.45) is 5.37. The van der Waals surface area contributed by atoms with E-state index in [1.807, 2.05) is 79.9 Å². The minimum absolute atomic E-state index is 0.188. The molecule has 0 spiro atoms. The van der Waals surface area contributed by atoms with Crippen LogP contribution in [0.3, 0.4) is 0 Å². The number of ether oxygens (including phenoxy) is 1. The van der Waals surface area contributed by atoms with Crippen LogP contribution in [-0.2, 0) is 4.79 Å². The third-order valence-corrected chi connectivity index (χ3v) is 5.85. The number of thioether (sulfide) groups is 1. The van der Waals surface area contributed by atoms with Crippen molar-refractivity contribution < 1.29 is 13.9 Å². The van der Waals surface area contributed by atoms with Gasteiger partial charge in [0.05, 0.1) is 13.4 Å². The third kappa shape index (κ3) is 4.52. The number of anilines is 1. The van der Waals surface area contributed by atoms with Gasteiger partial charge in [0.25, 0.3) is 0 Å². The summed E-state index contributed by atoms with van der Waals surface area (Å²) in [6.45, 7) is 1.91. The summed E-state index contributed by atoms with van der Waals surface area (Å²) in [4.78, 5) is 13.8. The number of carbonyl (C=O) groups is 1. The van der Waals surface area contributed by atoms with Crippen molar-refractivity contribution in [2.24, 2.45) is 0 Å². The van der Waals surface area contributed by atoms with Crippen LogP contribution in [0.25, 0.3) is 27.7 Å². The predicted octanol–water partition coefficient (Wildman–Crippen LogP) is 6.87. The quantitative estimate of drug-likeness (QED) is 0.268. The molecule has 0 bridgehead atoms. The Morgan fingerprint density at radius 1 is 1.06 bits per heavy atom. The lowest BCUT2D eigenvalue weighted by Gasteiger charge is -2.10. The molecule has 0 saturated carbocycles. The normalized spacial score (nSPS) is 11.5. The Labute approximate surface area is 185 Å². The molecule has 4 rings (SSSR count). The van der Waals surface area contributed by atoms with Crippen LogP contribution in [0.4, 0.5) is 5.69 Å². The van der Waals surface area contributed by atoms with E-state index < -0.39 is 0 Å². The van der Waals surface area contributed by atoms with E-state index in [1.54, 1.807) is 31.2 Å². The van der Waals surface area contributed by atoms with Crippen molar-refractivity contribution in [2.45, 2.75) is 11.8 Å². The molecule has 0 saturated heterocycles. The average molecular weight is 430 g/mol. The number of nitrogens with one attached hydrogen (secondary N) is 1. The number of hydrogen-bond acceptors (Lipinski definition) is 4. The van der Waals surface area contributed by atoms with E-state index in [0.717, 1.165) is 43.8 Å². The molecule has 1 heterocycles. The zero-order valence-corrected chi connectivity index (χ0v) is 18.5. The van der Waals surface area contributed by atoms with Crippen molar-refractivity contribution >= 4 is 39.9 Å². The molecule has 0 atom stereocenters. The first kappa shape index (κ1) is 20.8. The molecule has 1 amide bonds. The Kier molecular flexibility index (Phi) is 6.14. The molecule has 4 nitrogen and oxygen atoms in total. The maximum atomic E-state index is 12.6. The van der Waals surface area contributed by atoms with E-state index in [9.17, 15) is 4.79 Å². The molecule has 0 unspecified atom stereocenters. The van der Waals surface area contributed by atoms with Crippen molar-refractivity contribution in [2.75, 3.05) is 18.7 Å². The van der Waals surface area contributed by atoms with Gasteiger partial charge in [0.2, 0.25) is 5.91 Å². The average Bonchev–Trinajstić information content (AvgIpc) is 3.22. The van der Waals surface area contributed by atoms with Gasteiger partial charge in [0.1, 0.15) is 11.3 Å². The minimum atomic E-state index is -0.188. The second-order valence-electron chi connectivity index (χ2n) is 7.11. The highest BCUT2D eigenvalue weighted by Crippen LogP contribution is 2.37. The fraction of sp³-hybridized carbons (Fsp3) is 0.115. The van der Waals surface area contributed by atoms with Crippen molar-refractivity contribution in [3.63, 3.8) is 0 Å². The maximum absolute atomic E-state index is 12.6. The van der Waals surface area contributed by atoms with Crippen LogP contribution in [0.2, 0.25) is 0 Å². The van der Waals surface area contributed by atoms with Gasteiger partial charge < -0.3 is 14.5 Å². The lowest BCUT2D eigenvalue weighted by Crippen LogP contribution is -2.08. The fourth-order valence-corrected chi connectivity index (χ4v) is 3.91. The number of rotatable bonds is 6. The molecule has 5 heteroatoms. The van der Waals surface area contributed by atoms with Gasteiger partial charge in [-0.25, -0.2) is 0 Å². The van der Waals surface area contributed by atoms with Crippen LogP contribution in [0.1, 0.15) is 12.5 Å². The molecule has 156 valence electrons. The van der Waals surface area contributed by atoms with E-state index in [2.05, 4.69) is 5.32 Å². The first-order chi connectivity index (χ1) is 15.1. The smallest absolute Gasteiger partial charge is 0.248 e. The van der Waals surface area contributed by atoms with Gasteiger partial charge in [-0.05, 0) is 54.6 Å². The molecular formula is C26H23NO3S. The van der Waals surface area contributed by atoms with E-state index in [4.69, 9.17) is 9.15 Å². The number of fused-ring (bicyclic) bond motifs is 1. The molecule has 4 aromatic rings. The number of benzene rings is 3. The van der Waals surface area contributed by atoms with Crippen LogP contribution >= 0.6 is 11.8 Å². The predicted molar refractivity (Wildman–Crippen MR) is 129 cm³/mol. The van der Waals surface area contributed by atoms with Crippen LogP contribution in [0, 0.1) is 0 Å². The molecule has 0 aliphatic heterocycles. The molecule has 0 aliphatic carbocycles. The molecule has 1 N–H and O–H groups in total. The lowest BCUT2D eigenvalue weighted by atomic mass is 9.99. The van der Waals surface area contributed by atoms with Crippen LogP contribution in [-0.4, -0.2) is 19.3 Å². The van der Waals surface area contributed by atoms with Gasteiger partial charge in [-0.15, -0.1) is 11.8 Å². The second-order valence-corrected chi connectivity index (χ2v) is 7.99. The standard InChI is InChI=1S/C26H23NO3S/c1-17(13-26(28)27-19-9-11-20(31-3)12-10-19)21-14-22-23(18-7-5-4-6-8-18)16-30-25(22)15-24(21)29-2/h4-16H,1-3H3,(H,27,28)/b17-13+. The van der Waals surface area contributed by atoms with Crippen molar-refractivity contribution in [3.8, 4) is 16.9 Å². The van der Waals surface area contributed by atoms with Gasteiger partial charge in [0.15, 0.2) is 0 Å². The van der Waals surface area contributed by atoms with Gasteiger partial charge in [0, 0.05) is 39.2 Å². The highest BCUT2D eigenvalue weighted by molar-refractivity contribution is 7.98. The fourth-order valence-electron chi connectivity index (χ4n) is 3.50. The first-order valence-electron chi connectivity index (χ1n) is 9.87. The van der Waals surface area contributed by atoms with Crippen LogP contribution in [0.15, 0.2) is 88.4 Å². The van der Waals surface area contributed by atoms with E-state index in [-0.39, 0.29) is 5.91 Å². The number of allylic oxidation sites excluding steroid dienone is 1. The summed E-state index contributed by atoms with van der Waals surface area (Å²) in [6, 6.07) is 21.7. The van der Waals surface area contributed by atoms with Crippen LogP contribution < -0.4 is 10.1 Å². The SMILES string of the molecule is COc1cc2occ(-c3ccccc3)c2cc1/C(C)=C/C(=O)Nc1ccc(SC)cc1. The maximum Gasteiger partial charge on any atom is 0.248 e. The van der Waals surface area contributed by atoms with E-state index in [1.165, 1.54) is 0 Å². The summed E-state index contributed by atoms with van der Waals surface area (Å²) in [5, 5.41) is 3.89. The van der Waals surface area contributed by atoms with Gasteiger partial charge in [-0.3, -0.25) is 4.79 Å². The topological polar surface area (TPSA) is 51.5 Å². The molecule has 3 aromatic carbocycles. The van der Waals surface area contributed by atoms with E-state index >= 15 is 0 Å². The molecule has 31 heavy (non-hydrogen) atoms. The third-order valence-electron chi connectivity index (χ3n) is 5.11. The summed E-state index contributed by atoms with van der Waals surface area (Å²) >= 11 is 1.66. The van der Waals surface area contributed by atoms with Crippen molar-refractivity contribution in [1.29, 1.82) is 0 Å². The zero-order chi connectivity index (χ0) is 21.8. The Bertz CT molecular complexity index is 1240. The Hall–Kier alpha value is -3.44. The van der Waals surface area contributed by atoms with Gasteiger partial charge in [-0.2, -0.15) is 0 Å². The summed E-state index contributed by atoms with van der Waals surface area (Å²) < 4.78 is 11.4. The summed E-state index contributed by atoms with van der Waals surface area (Å²) in [7, 11) is 1.62. The van der Waals surface area contributed by atoms with E-state index in [0.29, 0.717) is 5.75 Å². The number of furan rings is 1. The highest BCUT2D eigenvalue weighted by Gasteiger charge is 2.15. The van der Waals surface area contributed by atoms with Crippen LogP contribution in [0.5, 0.6) is 5.75 Å². The number of carbonyl (C=O) groups excluding carboxylic acids is 1. The van der Waals surface area contributed by atoms with Crippen molar-refractivity contribution in [1.82, 2.24) is 0 Å². The monoisotopic (exact) mass is 429 g/mol. The molecule has 0 aliphatic rings. The Morgan fingerprint density at radius 2 is 1.81 bits per heavy atom. The van der Waals surface area contributed by atoms with Gasteiger partial charge >= 0.3 is 0 Å². The minimum Gasteiger partial charge on any atom is -0.496 e. The number of methoxy groups -OCH3 is 1. The van der Waals surface area contributed by atoms with Crippen molar-refractivity contribution in [3.05, 3.63) is 84.6 Å².